The van der Waals surface area contributed by atoms with E-state index < -0.39 is 12.0 Å². The topological polar surface area (TPSA) is 66.4 Å². The van der Waals surface area contributed by atoms with Crippen molar-refractivity contribution >= 4 is 11.9 Å². The molecule has 4 nitrogen and oxygen atoms in total. The lowest BCUT2D eigenvalue weighted by Crippen LogP contribution is -2.38. The SMILES string of the molecule is Cc1ccccc1CCC(=O)N[C@H](C)C(=O)O. The molecule has 1 aromatic carbocycles. The van der Waals surface area contributed by atoms with Gasteiger partial charge in [0.05, 0.1) is 0 Å². The van der Waals surface area contributed by atoms with Crippen molar-refractivity contribution in [1.82, 2.24) is 5.32 Å². The molecule has 0 spiro atoms. The molecule has 0 aliphatic heterocycles. The van der Waals surface area contributed by atoms with Crippen molar-refractivity contribution in [3.8, 4) is 0 Å². The van der Waals surface area contributed by atoms with Crippen LogP contribution in [0.3, 0.4) is 0 Å². The van der Waals surface area contributed by atoms with Crippen LogP contribution in [-0.4, -0.2) is 23.0 Å². The average molecular weight is 235 g/mol. The number of hydrogen-bond acceptors (Lipinski definition) is 2. The number of hydrogen-bond donors (Lipinski definition) is 2. The molecule has 4 heteroatoms. The third-order valence-corrected chi connectivity index (χ3v) is 2.63. The number of nitrogens with one attached hydrogen (secondary N) is 1. The number of carboxylic acid groups (broad SMARTS) is 1. The molecule has 1 rings (SSSR count). The Kier molecular flexibility index (Phi) is 4.69. The van der Waals surface area contributed by atoms with E-state index in [1.54, 1.807) is 0 Å². The first-order valence-corrected chi connectivity index (χ1v) is 5.57. The van der Waals surface area contributed by atoms with Crippen LogP contribution in [0.25, 0.3) is 0 Å². The molecule has 0 aliphatic carbocycles. The highest BCUT2D eigenvalue weighted by atomic mass is 16.4. The van der Waals surface area contributed by atoms with E-state index in [1.165, 1.54) is 6.92 Å². The normalized spacial score (nSPS) is 11.9. The van der Waals surface area contributed by atoms with E-state index in [0.29, 0.717) is 12.8 Å². The van der Waals surface area contributed by atoms with Crippen LogP contribution in [0.5, 0.6) is 0 Å². The summed E-state index contributed by atoms with van der Waals surface area (Å²) in [7, 11) is 0. The van der Waals surface area contributed by atoms with E-state index in [0.717, 1.165) is 11.1 Å². The lowest BCUT2D eigenvalue weighted by molar-refractivity contribution is -0.141. The lowest BCUT2D eigenvalue weighted by Gasteiger charge is -2.09. The summed E-state index contributed by atoms with van der Waals surface area (Å²) >= 11 is 0. The van der Waals surface area contributed by atoms with Gasteiger partial charge < -0.3 is 10.4 Å². The molecule has 0 saturated heterocycles. The predicted octanol–water partition coefficient (Wildman–Crippen LogP) is 1.52. The number of rotatable bonds is 5. The highest BCUT2D eigenvalue weighted by Gasteiger charge is 2.13. The van der Waals surface area contributed by atoms with Crippen molar-refractivity contribution in [2.24, 2.45) is 0 Å². The zero-order valence-corrected chi connectivity index (χ0v) is 10.1. The van der Waals surface area contributed by atoms with Gasteiger partial charge >= 0.3 is 5.97 Å². The quantitative estimate of drug-likeness (QED) is 0.813. The second kappa shape index (κ2) is 6.03. The van der Waals surface area contributed by atoms with Crippen LogP contribution in [0.4, 0.5) is 0 Å². The third-order valence-electron chi connectivity index (χ3n) is 2.63. The van der Waals surface area contributed by atoms with Crippen LogP contribution in [0.15, 0.2) is 24.3 Å². The first kappa shape index (κ1) is 13.2. The van der Waals surface area contributed by atoms with Crippen LogP contribution >= 0.6 is 0 Å². The van der Waals surface area contributed by atoms with Gasteiger partial charge in [-0.05, 0) is 31.4 Å². The molecule has 1 aromatic rings. The summed E-state index contributed by atoms with van der Waals surface area (Å²) in [5.41, 5.74) is 2.26. The Bertz CT molecular complexity index is 415. The molecule has 0 radical (unpaired) electrons. The van der Waals surface area contributed by atoms with Crippen molar-refractivity contribution < 1.29 is 14.7 Å². The van der Waals surface area contributed by atoms with Gasteiger partial charge in [-0.3, -0.25) is 9.59 Å². The molecule has 1 amide bonds. The van der Waals surface area contributed by atoms with Gasteiger partial charge in [0, 0.05) is 6.42 Å². The summed E-state index contributed by atoms with van der Waals surface area (Å²) in [6.45, 7) is 3.45. The van der Waals surface area contributed by atoms with Crippen LogP contribution in [0, 0.1) is 6.92 Å². The molecule has 92 valence electrons. The summed E-state index contributed by atoms with van der Waals surface area (Å²) in [4.78, 5) is 22.0. The fraction of sp³-hybridized carbons (Fsp3) is 0.385. The second-order valence-electron chi connectivity index (χ2n) is 4.05. The van der Waals surface area contributed by atoms with Crippen molar-refractivity contribution in [2.45, 2.75) is 32.7 Å². The van der Waals surface area contributed by atoms with Gasteiger partial charge in [-0.15, -0.1) is 0 Å². The highest BCUT2D eigenvalue weighted by molar-refractivity contribution is 5.83. The van der Waals surface area contributed by atoms with Crippen molar-refractivity contribution in [3.05, 3.63) is 35.4 Å². The molecule has 0 saturated carbocycles. The smallest absolute Gasteiger partial charge is 0.325 e. The summed E-state index contributed by atoms with van der Waals surface area (Å²) < 4.78 is 0. The van der Waals surface area contributed by atoms with Gasteiger partial charge in [0.2, 0.25) is 5.91 Å². The molecule has 0 heterocycles. The molecule has 0 unspecified atom stereocenters. The molecule has 0 bridgehead atoms. The van der Waals surface area contributed by atoms with Crippen molar-refractivity contribution in [1.29, 1.82) is 0 Å². The average Bonchev–Trinajstić information content (AvgIpc) is 2.27. The Hall–Kier alpha value is -1.84. The summed E-state index contributed by atoms with van der Waals surface area (Å²) in [6, 6.07) is 7.02. The minimum atomic E-state index is -1.02. The monoisotopic (exact) mass is 235 g/mol. The van der Waals surface area contributed by atoms with Crippen LogP contribution in [-0.2, 0) is 16.0 Å². The fourth-order valence-electron chi connectivity index (χ4n) is 1.51. The minimum absolute atomic E-state index is 0.233. The number of amides is 1. The van der Waals surface area contributed by atoms with E-state index in [-0.39, 0.29) is 5.91 Å². The molecule has 17 heavy (non-hydrogen) atoms. The minimum Gasteiger partial charge on any atom is -0.480 e. The first-order valence-electron chi connectivity index (χ1n) is 5.57. The van der Waals surface area contributed by atoms with E-state index in [9.17, 15) is 9.59 Å². The molecular formula is C13H17NO3. The van der Waals surface area contributed by atoms with E-state index in [1.807, 2.05) is 31.2 Å². The number of carbonyl (C=O) groups is 2. The van der Waals surface area contributed by atoms with Gasteiger partial charge in [0.15, 0.2) is 0 Å². The van der Waals surface area contributed by atoms with Gasteiger partial charge in [-0.1, -0.05) is 24.3 Å². The lowest BCUT2D eigenvalue weighted by atomic mass is 10.0. The largest absolute Gasteiger partial charge is 0.480 e. The van der Waals surface area contributed by atoms with Gasteiger partial charge in [0.1, 0.15) is 6.04 Å². The Morgan fingerprint density at radius 2 is 2.00 bits per heavy atom. The Labute approximate surface area is 101 Å². The van der Waals surface area contributed by atoms with Gasteiger partial charge in [-0.25, -0.2) is 0 Å². The summed E-state index contributed by atoms with van der Waals surface area (Å²) in [6.07, 6.45) is 0.938. The molecule has 0 aliphatic rings. The third kappa shape index (κ3) is 4.26. The number of aliphatic carboxylic acids is 1. The molecular weight excluding hydrogens is 218 g/mol. The predicted molar refractivity (Wildman–Crippen MR) is 64.7 cm³/mol. The summed E-state index contributed by atoms with van der Waals surface area (Å²) in [5.74, 6) is -1.25. The van der Waals surface area contributed by atoms with Crippen LogP contribution in [0.2, 0.25) is 0 Å². The van der Waals surface area contributed by atoms with E-state index >= 15 is 0 Å². The van der Waals surface area contributed by atoms with Gasteiger partial charge in [0.25, 0.3) is 0 Å². The standard InChI is InChI=1S/C13H17NO3/c1-9-5-3-4-6-11(9)7-8-12(15)14-10(2)13(16)17/h3-6,10H,7-8H2,1-2H3,(H,14,15)(H,16,17)/t10-/m1/s1. The summed E-state index contributed by atoms with van der Waals surface area (Å²) in [5, 5.41) is 11.1. The molecule has 0 fully saturated rings. The zero-order valence-electron chi connectivity index (χ0n) is 10.1. The first-order chi connectivity index (χ1) is 8.00. The number of benzene rings is 1. The van der Waals surface area contributed by atoms with Crippen molar-refractivity contribution in [3.63, 3.8) is 0 Å². The number of carbonyl (C=O) groups excluding carboxylic acids is 1. The highest BCUT2D eigenvalue weighted by Crippen LogP contribution is 2.09. The Morgan fingerprint density at radius 3 is 2.59 bits per heavy atom. The maximum Gasteiger partial charge on any atom is 0.325 e. The van der Waals surface area contributed by atoms with Crippen molar-refractivity contribution in [2.75, 3.05) is 0 Å². The van der Waals surface area contributed by atoms with Crippen LogP contribution < -0.4 is 5.32 Å². The fourth-order valence-corrected chi connectivity index (χ4v) is 1.51. The molecule has 0 aromatic heterocycles. The van der Waals surface area contributed by atoms with E-state index in [4.69, 9.17) is 5.11 Å². The van der Waals surface area contributed by atoms with Gasteiger partial charge in [-0.2, -0.15) is 0 Å². The number of aryl methyl sites for hydroxylation is 2. The zero-order chi connectivity index (χ0) is 12.8. The van der Waals surface area contributed by atoms with E-state index in [2.05, 4.69) is 5.32 Å². The maximum atomic E-state index is 11.5. The number of carboxylic acids is 1. The Balaban J connectivity index is 2.44. The van der Waals surface area contributed by atoms with Crippen LogP contribution in [0.1, 0.15) is 24.5 Å². The maximum absolute atomic E-state index is 11.5. The second-order valence-corrected chi connectivity index (χ2v) is 4.05. The molecule has 2 N–H and O–H groups in total. The molecule has 1 atom stereocenters. The Morgan fingerprint density at radius 1 is 1.35 bits per heavy atom.